The van der Waals surface area contributed by atoms with Gasteiger partial charge >= 0.3 is 5.97 Å². The van der Waals surface area contributed by atoms with Crippen molar-refractivity contribution in [1.29, 1.82) is 0 Å². The summed E-state index contributed by atoms with van der Waals surface area (Å²) in [4.78, 5) is 24.9. The summed E-state index contributed by atoms with van der Waals surface area (Å²) in [5, 5.41) is 7.68. The molecule has 40 heavy (non-hydrogen) atoms. The van der Waals surface area contributed by atoms with E-state index >= 15 is 0 Å². The molecule has 0 saturated heterocycles. The molecular formula is C32H26FN3O4. The van der Waals surface area contributed by atoms with Gasteiger partial charge in [-0.3, -0.25) is 9.59 Å². The van der Waals surface area contributed by atoms with E-state index in [1.54, 1.807) is 36.1 Å². The zero-order valence-electron chi connectivity index (χ0n) is 22.1. The third-order valence-corrected chi connectivity index (χ3v) is 6.19. The normalized spacial score (nSPS) is 10.7. The largest absolute Gasteiger partial charge is 0.497 e. The Morgan fingerprint density at radius 2 is 1.62 bits per heavy atom. The molecule has 0 aliphatic carbocycles. The lowest BCUT2D eigenvalue weighted by molar-refractivity contribution is -0.132. The Labute approximate surface area is 230 Å². The van der Waals surface area contributed by atoms with Gasteiger partial charge in [0.1, 0.15) is 17.3 Å². The highest BCUT2D eigenvalue weighted by Crippen LogP contribution is 2.42. The number of amides is 1. The number of ether oxygens (including phenoxy) is 2. The first-order valence-electron chi connectivity index (χ1n) is 12.5. The number of halogens is 1. The van der Waals surface area contributed by atoms with Crippen LogP contribution in [0.25, 0.3) is 28.1 Å². The summed E-state index contributed by atoms with van der Waals surface area (Å²) in [5.41, 5.74) is 5.10. The highest BCUT2D eigenvalue weighted by Gasteiger charge is 2.25. The molecule has 1 aromatic heterocycles. The molecule has 5 rings (SSSR count). The molecule has 7 nitrogen and oxygen atoms in total. The molecule has 1 heterocycles. The van der Waals surface area contributed by atoms with Crippen LogP contribution in [0.3, 0.4) is 0 Å². The van der Waals surface area contributed by atoms with Crippen molar-refractivity contribution in [2.24, 2.45) is 0 Å². The fourth-order valence-electron chi connectivity index (χ4n) is 4.35. The van der Waals surface area contributed by atoms with Crippen molar-refractivity contribution in [3.05, 3.63) is 114 Å². The average Bonchev–Trinajstić information content (AvgIpc) is 3.32. The van der Waals surface area contributed by atoms with E-state index in [-0.39, 0.29) is 11.4 Å². The Morgan fingerprint density at radius 3 is 2.33 bits per heavy atom. The number of nitrogens with zero attached hydrogens (tertiary/aromatic N) is 2. The van der Waals surface area contributed by atoms with Crippen molar-refractivity contribution >= 4 is 17.6 Å². The van der Waals surface area contributed by atoms with Crippen LogP contribution in [0.4, 0.5) is 10.1 Å². The van der Waals surface area contributed by atoms with Gasteiger partial charge in [-0.05, 0) is 72.6 Å². The van der Waals surface area contributed by atoms with E-state index in [0.29, 0.717) is 28.3 Å². The quantitative estimate of drug-likeness (QED) is 0.231. The molecule has 8 heteroatoms. The first-order chi connectivity index (χ1) is 19.3. The Bertz CT molecular complexity index is 1710. The monoisotopic (exact) mass is 535 g/mol. The summed E-state index contributed by atoms with van der Waals surface area (Å²) in [7, 11) is 1.59. The number of rotatable bonds is 7. The lowest BCUT2D eigenvalue weighted by Gasteiger charge is -2.11. The van der Waals surface area contributed by atoms with Crippen LogP contribution in [0.15, 0.2) is 97.1 Å². The van der Waals surface area contributed by atoms with Crippen molar-refractivity contribution in [2.45, 2.75) is 13.8 Å². The molecule has 0 bridgehead atoms. The standard InChI is InChI=1S/C32H26FN3O4/c1-20-7-4-11-27(17-20)36-32(40-21(2)37)29(30(35-36)23-8-6-12-28(19-23)39-3)22-13-15-26(16-14-22)34-31(38)24-9-5-10-25(33)18-24/h4-19H,1-3H3,(H,34,38). The molecule has 0 aliphatic heterocycles. The number of hydrogen-bond donors (Lipinski definition) is 1. The van der Waals surface area contributed by atoms with Gasteiger partial charge in [-0.25, -0.2) is 4.39 Å². The fourth-order valence-corrected chi connectivity index (χ4v) is 4.35. The molecule has 0 unspecified atom stereocenters. The molecule has 0 fully saturated rings. The maximum absolute atomic E-state index is 13.6. The van der Waals surface area contributed by atoms with Crippen molar-refractivity contribution in [3.8, 4) is 39.7 Å². The van der Waals surface area contributed by atoms with Gasteiger partial charge in [0.15, 0.2) is 0 Å². The average molecular weight is 536 g/mol. The molecule has 0 radical (unpaired) electrons. The van der Waals surface area contributed by atoms with E-state index in [1.165, 1.54) is 31.2 Å². The maximum atomic E-state index is 13.6. The molecule has 0 atom stereocenters. The molecular weight excluding hydrogens is 509 g/mol. The van der Waals surface area contributed by atoms with E-state index in [0.717, 1.165) is 16.8 Å². The number of carbonyl (C=O) groups excluding carboxylic acids is 2. The van der Waals surface area contributed by atoms with Gasteiger partial charge in [0, 0.05) is 23.7 Å². The molecule has 0 aliphatic rings. The van der Waals surface area contributed by atoms with Gasteiger partial charge in [-0.2, -0.15) is 9.78 Å². The lowest BCUT2D eigenvalue weighted by atomic mass is 10.0. The van der Waals surface area contributed by atoms with Crippen molar-refractivity contribution in [2.75, 3.05) is 12.4 Å². The van der Waals surface area contributed by atoms with Crippen LogP contribution in [-0.2, 0) is 4.79 Å². The summed E-state index contributed by atoms with van der Waals surface area (Å²) < 4.78 is 26.4. The predicted octanol–water partition coefficient (Wildman–Crippen LogP) is 6.84. The van der Waals surface area contributed by atoms with Crippen molar-refractivity contribution in [3.63, 3.8) is 0 Å². The summed E-state index contributed by atoms with van der Waals surface area (Å²) in [6.45, 7) is 3.31. The Balaban J connectivity index is 1.62. The number of aromatic nitrogens is 2. The van der Waals surface area contributed by atoms with Crippen LogP contribution in [0.5, 0.6) is 11.6 Å². The van der Waals surface area contributed by atoms with Gasteiger partial charge in [0.25, 0.3) is 5.91 Å². The van der Waals surface area contributed by atoms with Crippen molar-refractivity contribution in [1.82, 2.24) is 9.78 Å². The molecule has 5 aromatic rings. The van der Waals surface area contributed by atoms with Crippen LogP contribution in [0, 0.1) is 12.7 Å². The minimum Gasteiger partial charge on any atom is -0.497 e. The van der Waals surface area contributed by atoms with Gasteiger partial charge in [0.2, 0.25) is 5.88 Å². The SMILES string of the molecule is COc1cccc(-c2nn(-c3cccc(C)c3)c(OC(C)=O)c2-c2ccc(NC(=O)c3cccc(F)c3)cc2)c1. The van der Waals surface area contributed by atoms with E-state index < -0.39 is 17.7 Å². The number of anilines is 1. The maximum Gasteiger partial charge on any atom is 0.309 e. The van der Waals surface area contributed by atoms with Gasteiger partial charge in [0.05, 0.1) is 18.4 Å². The summed E-state index contributed by atoms with van der Waals surface area (Å²) in [6, 6.07) is 27.7. The van der Waals surface area contributed by atoms with Gasteiger partial charge in [-0.1, -0.05) is 42.5 Å². The van der Waals surface area contributed by atoms with E-state index in [9.17, 15) is 14.0 Å². The van der Waals surface area contributed by atoms with Crippen LogP contribution in [0.1, 0.15) is 22.8 Å². The van der Waals surface area contributed by atoms with Gasteiger partial charge in [-0.15, -0.1) is 0 Å². The third-order valence-electron chi connectivity index (χ3n) is 6.19. The number of carbonyl (C=O) groups is 2. The molecule has 200 valence electrons. The van der Waals surface area contributed by atoms with Crippen LogP contribution in [-0.4, -0.2) is 28.8 Å². The van der Waals surface area contributed by atoms with E-state index in [1.807, 2.05) is 55.5 Å². The smallest absolute Gasteiger partial charge is 0.309 e. The molecule has 0 spiro atoms. The number of esters is 1. The number of nitrogens with one attached hydrogen (secondary N) is 1. The van der Waals surface area contributed by atoms with E-state index in [4.69, 9.17) is 14.6 Å². The second kappa shape index (κ2) is 11.2. The van der Waals surface area contributed by atoms with Crippen LogP contribution in [0.2, 0.25) is 0 Å². The minimum atomic E-state index is -0.494. The van der Waals surface area contributed by atoms with E-state index in [2.05, 4.69) is 5.32 Å². The number of methoxy groups -OCH3 is 1. The first-order valence-corrected chi connectivity index (χ1v) is 12.5. The molecule has 0 saturated carbocycles. The number of benzene rings is 4. The fraction of sp³-hybridized carbons (Fsp3) is 0.0938. The Kier molecular flexibility index (Phi) is 7.41. The summed E-state index contributed by atoms with van der Waals surface area (Å²) >= 11 is 0. The highest BCUT2D eigenvalue weighted by atomic mass is 19.1. The van der Waals surface area contributed by atoms with Crippen LogP contribution >= 0.6 is 0 Å². The zero-order chi connectivity index (χ0) is 28.2. The van der Waals surface area contributed by atoms with Gasteiger partial charge < -0.3 is 14.8 Å². The zero-order valence-corrected chi connectivity index (χ0v) is 22.1. The summed E-state index contributed by atoms with van der Waals surface area (Å²) in [6.07, 6.45) is 0. The Hall–Kier alpha value is -5.24. The summed E-state index contributed by atoms with van der Waals surface area (Å²) in [5.74, 6) is -0.509. The lowest BCUT2D eigenvalue weighted by Crippen LogP contribution is -2.11. The van der Waals surface area contributed by atoms with Crippen molar-refractivity contribution < 1.29 is 23.5 Å². The highest BCUT2D eigenvalue weighted by molar-refractivity contribution is 6.04. The molecule has 4 aromatic carbocycles. The molecule has 1 amide bonds. The first kappa shape index (κ1) is 26.4. The predicted molar refractivity (Wildman–Crippen MR) is 151 cm³/mol. The topological polar surface area (TPSA) is 82.4 Å². The minimum absolute atomic E-state index is 0.209. The van der Waals surface area contributed by atoms with Crippen LogP contribution < -0.4 is 14.8 Å². The number of aryl methyl sites for hydroxylation is 1. The molecule has 1 N–H and O–H groups in total. The second-order valence-corrected chi connectivity index (χ2v) is 9.15. The third kappa shape index (κ3) is 5.61. The number of hydrogen-bond acceptors (Lipinski definition) is 5. The second-order valence-electron chi connectivity index (χ2n) is 9.15. The Morgan fingerprint density at radius 1 is 0.875 bits per heavy atom.